The van der Waals surface area contributed by atoms with Gasteiger partial charge in [0.15, 0.2) is 0 Å². The number of nitriles is 2. The molecule has 1 aliphatic carbocycles. The summed E-state index contributed by atoms with van der Waals surface area (Å²) in [4.78, 5) is 0. The van der Waals surface area contributed by atoms with E-state index in [1.54, 1.807) is 12.1 Å². The lowest BCUT2D eigenvalue weighted by molar-refractivity contribution is -0.127. The van der Waals surface area contributed by atoms with Gasteiger partial charge < -0.3 is 0 Å². The molecule has 0 bridgehead atoms. The van der Waals surface area contributed by atoms with E-state index >= 15 is 0 Å². The molecule has 168 valence electrons. The number of rotatable bonds is 5. The fourth-order valence-electron chi connectivity index (χ4n) is 4.79. The predicted molar refractivity (Wildman–Crippen MR) is 119 cm³/mol. The van der Waals surface area contributed by atoms with E-state index in [0.717, 1.165) is 42.0 Å². The number of fused-ring (bicyclic) bond motifs is 1. The van der Waals surface area contributed by atoms with E-state index in [1.807, 2.05) is 12.1 Å². The van der Waals surface area contributed by atoms with Crippen molar-refractivity contribution in [3.05, 3.63) is 70.8 Å². The number of hydrogen-bond acceptors (Lipinski definition) is 2. The van der Waals surface area contributed by atoms with E-state index < -0.39 is 18.8 Å². The second-order valence-corrected chi connectivity index (χ2v) is 8.65. The van der Waals surface area contributed by atoms with Gasteiger partial charge in [-0.3, -0.25) is 0 Å². The van der Waals surface area contributed by atoms with Crippen LogP contribution in [0.1, 0.15) is 60.3 Å². The summed E-state index contributed by atoms with van der Waals surface area (Å²) in [5, 5.41) is 21.0. The highest BCUT2D eigenvalue weighted by atomic mass is 19.3. The van der Waals surface area contributed by atoms with Crippen LogP contribution in [-0.4, -0.2) is 12.3 Å². The second kappa shape index (κ2) is 9.24. The molecule has 1 saturated carbocycles. The zero-order valence-electron chi connectivity index (χ0n) is 17.9. The number of benzene rings is 3. The monoisotopic (exact) mass is 450 g/mol. The van der Waals surface area contributed by atoms with Crippen molar-refractivity contribution in [2.45, 2.75) is 56.8 Å². The van der Waals surface area contributed by atoms with Crippen molar-refractivity contribution in [1.82, 2.24) is 0 Å². The van der Waals surface area contributed by atoms with E-state index in [-0.39, 0.29) is 16.7 Å². The number of halogens is 4. The summed E-state index contributed by atoms with van der Waals surface area (Å²) in [7, 11) is 0. The number of hydrogen-bond donors (Lipinski definition) is 0. The van der Waals surface area contributed by atoms with E-state index in [0.29, 0.717) is 17.0 Å². The lowest BCUT2D eigenvalue weighted by Crippen LogP contribution is -2.29. The van der Waals surface area contributed by atoms with Crippen molar-refractivity contribution < 1.29 is 17.6 Å². The summed E-state index contributed by atoms with van der Waals surface area (Å²) in [5.41, 5.74) is 2.47. The van der Waals surface area contributed by atoms with Gasteiger partial charge >= 0.3 is 12.3 Å². The first-order valence-electron chi connectivity index (χ1n) is 11.0. The molecular formula is C27H22F4N2. The summed E-state index contributed by atoms with van der Waals surface area (Å²) >= 11 is 0. The van der Waals surface area contributed by atoms with E-state index in [1.165, 1.54) is 24.6 Å². The third kappa shape index (κ3) is 4.57. The van der Waals surface area contributed by atoms with Crippen molar-refractivity contribution in [2.75, 3.05) is 0 Å². The van der Waals surface area contributed by atoms with Gasteiger partial charge in [0.1, 0.15) is 12.1 Å². The summed E-state index contributed by atoms with van der Waals surface area (Å²) < 4.78 is 52.9. The molecule has 0 atom stereocenters. The molecule has 1 fully saturated rings. The highest BCUT2D eigenvalue weighted by Crippen LogP contribution is 2.39. The van der Waals surface area contributed by atoms with Gasteiger partial charge in [-0.15, -0.1) is 0 Å². The molecule has 0 N–H and O–H groups in total. The molecule has 0 heterocycles. The number of alkyl halides is 4. The molecule has 0 spiro atoms. The van der Waals surface area contributed by atoms with Gasteiger partial charge in [0.25, 0.3) is 0 Å². The zero-order chi connectivity index (χ0) is 23.6. The van der Waals surface area contributed by atoms with Crippen LogP contribution in [0, 0.1) is 22.7 Å². The van der Waals surface area contributed by atoms with Gasteiger partial charge in [-0.2, -0.15) is 19.3 Å². The maximum Gasteiger partial charge on any atom is 0.311 e. The molecule has 3 aromatic carbocycles. The van der Waals surface area contributed by atoms with Crippen LogP contribution < -0.4 is 0 Å². The maximum absolute atomic E-state index is 13.7. The van der Waals surface area contributed by atoms with Crippen LogP contribution in [0.3, 0.4) is 0 Å². The molecule has 0 amide bonds. The molecular weight excluding hydrogens is 428 g/mol. The largest absolute Gasteiger partial charge is 0.311 e. The Morgan fingerprint density at radius 3 is 2.36 bits per heavy atom. The average Bonchev–Trinajstić information content (AvgIpc) is 2.82. The molecule has 2 nitrogen and oxygen atoms in total. The molecule has 0 aliphatic heterocycles. The summed E-state index contributed by atoms with van der Waals surface area (Å²) in [6.45, 7) is 0. The topological polar surface area (TPSA) is 47.6 Å². The Balaban J connectivity index is 1.90. The summed E-state index contributed by atoms with van der Waals surface area (Å²) in [5.74, 6) is -3.74. The minimum atomic E-state index is -4.15. The van der Waals surface area contributed by atoms with Gasteiger partial charge in [-0.25, -0.2) is 8.78 Å². The van der Waals surface area contributed by atoms with Crippen molar-refractivity contribution in [3.8, 4) is 23.3 Å². The Morgan fingerprint density at radius 2 is 1.70 bits per heavy atom. The molecule has 1 aliphatic rings. The predicted octanol–water partition coefficient (Wildman–Crippen LogP) is 7.74. The fraction of sp³-hybridized carbons (Fsp3) is 0.333. The Morgan fingerprint density at radius 1 is 0.939 bits per heavy atom. The highest BCUT2D eigenvalue weighted by Gasteiger charge is 2.40. The SMILES string of the molecule is N#Cc1cc2ccc(C3CCCCC3)cc2c(-c2cccc(CC(F)(F)C(F)F)c2)c1C#N. The summed E-state index contributed by atoms with van der Waals surface area (Å²) in [6, 6.07) is 17.8. The maximum atomic E-state index is 13.7. The molecule has 33 heavy (non-hydrogen) atoms. The Labute approximate surface area is 190 Å². The first-order chi connectivity index (χ1) is 15.8. The van der Waals surface area contributed by atoms with Crippen LogP contribution in [0.5, 0.6) is 0 Å². The average molecular weight is 450 g/mol. The van der Waals surface area contributed by atoms with Gasteiger partial charge in [0.05, 0.1) is 11.1 Å². The first-order valence-corrected chi connectivity index (χ1v) is 11.0. The van der Waals surface area contributed by atoms with Crippen LogP contribution in [-0.2, 0) is 6.42 Å². The normalized spacial score (nSPS) is 14.9. The molecule has 6 heteroatoms. The Bertz CT molecular complexity index is 1260. The van der Waals surface area contributed by atoms with Crippen LogP contribution in [0.2, 0.25) is 0 Å². The van der Waals surface area contributed by atoms with Gasteiger partial charge in [0, 0.05) is 12.0 Å². The molecule has 4 rings (SSSR count). The third-order valence-corrected chi connectivity index (χ3v) is 6.45. The zero-order valence-corrected chi connectivity index (χ0v) is 17.9. The molecule has 0 radical (unpaired) electrons. The summed E-state index contributed by atoms with van der Waals surface area (Å²) in [6.07, 6.45) is 0.830. The van der Waals surface area contributed by atoms with Crippen molar-refractivity contribution in [1.29, 1.82) is 10.5 Å². The van der Waals surface area contributed by atoms with Crippen LogP contribution in [0.25, 0.3) is 21.9 Å². The Kier molecular flexibility index (Phi) is 6.38. The minimum absolute atomic E-state index is 0.0423. The fourth-order valence-corrected chi connectivity index (χ4v) is 4.79. The molecule has 3 aromatic rings. The van der Waals surface area contributed by atoms with Crippen molar-refractivity contribution >= 4 is 10.8 Å². The van der Waals surface area contributed by atoms with Crippen LogP contribution in [0.4, 0.5) is 17.6 Å². The van der Waals surface area contributed by atoms with E-state index in [9.17, 15) is 28.1 Å². The van der Waals surface area contributed by atoms with Crippen LogP contribution >= 0.6 is 0 Å². The third-order valence-electron chi connectivity index (χ3n) is 6.45. The van der Waals surface area contributed by atoms with Gasteiger partial charge in [0.2, 0.25) is 0 Å². The number of nitrogens with zero attached hydrogens (tertiary/aromatic N) is 2. The Hall–Kier alpha value is -3.38. The van der Waals surface area contributed by atoms with Gasteiger partial charge in [-0.1, -0.05) is 61.7 Å². The van der Waals surface area contributed by atoms with Gasteiger partial charge in [-0.05, 0) is 52.3 Å². The lowest BCUT2D eigenvalue weighted by Gasteiger charge is -2.23. The quantitative estimate of drug-likeness (QED) is 0.373. The van der Waals surface area contributed by atoms with E-state index in [2.05, 4.69) is 18.2 Å². The molecule has 0 saturated heterocycles. The molecule has 0 aromatic heterocycles. The second-order valence-electron chi connectivity index (χ2n) is 8.65. The minimum Gasteiger partial charge on any atom is -0.204 e. The smallest absolute Gasteiger partial charge is 0.204 e. The highest BCUT2D eigenvalue weighted by molar-refractivity contribution is 6.01. The van der Waals surface area contributed by atoms with Crippen molar-refractivity contribution in [3.63, 3.8) is 0 Å². The van der Waals surface area contributed by atoms with Crippen LogP contribution in [0.15, 0.2) is 48.5 Å². The van der Waals surface area contributed by atoms with Crippen molar-refractivity contribution in [2.24, 2.45) is 0 Å². The standard InChI is InChI=1S/C27H22F4N2/c28-26(29)27(30,31)14-17-5-4-8-21(11-17)25-23-13-19(18-6-2-1-3-7-18)9-10-20(23)12-22(15-32)24(25)16-33/h4-5,8-13,18,26H,1-3,6-7,14H2. The molecule has 0 unspecified atom stereocenters. The first kappa shape index (κ1) is 22.8. The lowest BCUT2D eigenvalue weighted by atomic mass is 9.82. The van der Waals surface area contributed by atoms with E-state index in [4.69, 9.17) is 0 Å².